The Bertz CT molecular complexity index is 786. The summed E-state index contributed by atoms with van der Waals surface area (Å²) >= 11 is 9.60. The van der Waals surface area contributed by atoms with Crippen molar-refractivity contribution in [2.45, 2.75) is 13.3 Å². The van der Waals surface area contributed by atoms with E-state index in [0.29, 0.717) is 21.8 Å². The minimum Gasteiger partial charge on any atom is -0.325 e. The van der Waals surface area contributed by atoms with Crippen LogP contribution in [-0.4, -0.2) is 11.7 Å². The molecule has 1 aliphatic rings. The number of amides is 1. The third-order valence-electron chi connectivity index (χ3n) is 3.43. The van der Waals surface area contributed by atoms with E-state index in [9.17, 15) is 9.59 Å². The highest BCUT2D eigenvalue weighted by Crippen LogP contribution is 2.32. The molecule has 0 atom stereocenters. The first-order valence-corrected chi connectivity index (χ1v) is 7.56. The number of hydrogen-bond acceptors (Lipinski definition) is 2. The number of halogens is 2. The van der Waals surface area contributed by atoms with Gasteiger partial charge in [0, 0.05) is 21.3 Å². The Morgan fingerprint density at radius 3 is 2.76 bits per heavy atom. The van der Waals surface area contributed by atoms with Gasteiger partial charge in [0.15, 0.2) is 5.78 Å². The van der Waals surface area contributed by atoms with Crippen LogP contribution >= 0.6 is 27.5 Å². The number of hydrogen-bond donors (Lipinski definition) is 1. The van der Waals surface area contributed by atoms with Gasteiger partial charge in [-0.05, 0) is 36.8 Å². The summed E-state index contributed by atoms with van der Waals surface area (Å²) in [5, 5.41) is 3.06. The molecule has 0 aromatic heterocycles. The van der Waals surface area contributed by atoms with Crippen LogP contribution in [0.2, 0.25) is 5.02 Å². The summed E-state index contributed by atoms with van der Waals surface area (Å²) in [5.41, 5.74) is 3.46. The molecule has 3 rings (SSSR count). The molecule has 0 aliphatic carbocycles. The van der Waals surface area contributed by atoms with Crippen LogP contribution in [0.15, 0.2) is 34.8 Å². The van der Waals surface area contributed by atoms with Crippen LogP contribution in [0, 0.1) is 6.92 Å². The number of ketones is 1. The predicted molar refractivity (Wildman–Crippen MR) is 86.1 cm³/mol. The normalized spacial score (nSPS) is 13.0. The fourth-order valence-corrected chi connectivity index (χ4v) is 3.06. The molecule has 0 saturated carbocycles. The standard InChI is InChI=1S/C16H11BrClNO2/c1-8-2-3-12(17)10(4-8)16(21)11-5-9-6-15(20)19-14(9)7-13(11)18/h2-5,7H,6H2,1H3,(H,19,20). The van der Waals surface area contributed by atoms with Crippen LogP contribution in [0.1, 0.15) is 27.0 Å². The molecular weight excluding hydrogens is 354 g/mol. The lowest BCUT2D eigenvalue weighted by Gasteiger charge is -2.09. The van der Waals surface area contributed by atoms with Crippen LogP contribution < -0.4 is 5.32 Å². The predicted octanol–water partition coefficient (Wildman–Crippen LogP) is 4.14. The van der Waals surface area contributed by atoms with E-state index in [0.717, 1.165) is 15.6 Å². The molecule has 0 fully saturated rings. The van der Waals surface area contributed by atoms with Gasteiger partial charge in [0.25, 0.3) is 0 Å². The zero-order valence-corrected chi connectivity index (χ0v) is 13.5. The third kappa shape index (κ3) is 2.61. The van der Waals surface area contributed by atoms with E-state index in [2.05, 4.69) is 21.2 Å². The second-order valence-corrected chi connectivity index (χ2v) is 6.29. The van der Waals surface area contributed by atoms with Crippen LogP contribution in [0.4, 0.5) is 5.69 Å². The zero-order chi connectivity index (χ0) is 15.1. The lowest BCUT2D eigenvalue weighted by atomic mass is 9.99. The molecule has 0 bridgehead atoms. The zero-order valence-electron chi connectivity index (χ0n) is 11.2. The van der Waals surface area contributed by atoms with Crippen molar-refractivity contribution >= 4 is 44.9 Å². The summed E-state index contributed by atoms with van der Waals surface area (Å²) in [6.07, 6.45) is 0.280. The molecule has 106 valence electrons. The third-order valence-corrected chi connectivity index (χ3v) is 4.43. The molecule has 1 amide bonds. The number of anilines is 1. The molecule has 1 N–H and O–H groups in total. The van der Waals surface area contributed by atoms with Crippen molar-refractivity contribution in [3.05, 3.63) is 62.1 Å². The van der Waals surface area contributed by atoms with Crippen molar-refractivity contribution < 1.29 is 9.59 Å². The van der Waals surface area contributed by atoms with E-state index < -0.39 is 0 Å². The van der Waals surface area contributed by atoms with Crippen molar-refractivity contribution in [3.8, 4) is 0 Å². The first-order chi connectivity index (χ1) is 9.95. The first-order valence-electron chi connectivity index (χ1n) is 6.39. The van der Waals surface area contributed by atoms with Crippen molar-refractivity contribution in [3.63, 3.8) is 0 Å². The molecule has 3 nitrogen and oxygen atoms in total. The molecule has 2 aromatic rings. The summed E-state index contributed by atoms with van der Waals surface area (Å²) in [5.74, 6) is -0.236. The van der Waals surface area contributed by atoms with Gasteiger partial charge >= 0.3 is 0 Å². The van der Waals surface area contributed by atoms with Gasteiger partial charge < -0.3 is 5.32 Å². The highest BCUT2D eigenvalue weighted by Gasteiger charge is 2.23. The SMILES string of the molecule is Cc1ccc(Br)c(C(=O)c2cc3c(cc2Cl)NC(=O)C3)c1. The van der Waals surface area contributed by atoms with E-state index >= 15 is 0 Å². The highest BCUT2D eigenvalue weighted by atomic mass is 79.9. The molecule has 0 radical (unpaired) electrons. The lowest BCUT2D eigenvalue weighted by Crippen LogP contribution is -2.04. The highest BCUT2D eigenvalue weighted by molar-refractivity contribution is 9.10. The number of fused-ring (bicyclic) bond motifs is 1. The van der Waals surface area contributed by atoms with Crippen LogP contribution in [0.3, 0.4) is 0 Å². The number of carbonyl (C=O) groups is 2. The quantitative estimate of drug-likeness (QED) is 0.814. The number of nitrogens with one attached hydrogen (secondary N) is 1. The van der Waals surface area contributed by atoms with Crippen molar-refractivity contribution in [1.29, 1.82) is 0 Å². The number of rotatable bonds is 2. The summed E-state index contributed by atoms with van der Waals surface area (Å²) < 4.78 is 0.726. The molecule has 2 aromatic carbocycles. The summed E-state index contributed by atoms with van der Waals surface area (Å²) in [6, 6.07) is 8.92. The second kappa shape index (κ2) is 5.28. The Balaban J connectivity index is 2.09. The van der Waals surface area contributed by atoms with Gasteiger partial charge in [-0.25, -0.2) is 0 Å². The Morgan fingerprint density at radius 1 is 1.24 bits per heavy atom. The maximum atomic E-state index is 12.7. The lowest BCUT2D eigenvalue weighted by molar-refractivity contribution is -0.115. The topological polar surface area (TPSA) is 46.2 Å². The minimum absolute atomic E-state index is 0.0811. The average Bonchev–Trinajstić information content (AvgIpc) is 2.79. The van der Waals surface area contributed by atoms with E-state index in [1.54, 1.807) is 12.1 Å². The number of benzene rings is 2. The van der Waals surface area contributed by atoms with Gasteiger partial charge in [0.1, 0.15) is 0 Å². The van der Waals surface area contributed by atoms with Crippen LogP contribution in [0.25, 0.3) is 0 Å². The van der Waals surface area contributed by atoms with Gasteiger partial charge in [-0.15, -0.1) is 0 Å². The van der Waals surface area contributed by atoms with E-state index in [4.69, 9.17) is 11.6 Å². The largest absolute Gasteiger partial charge is 0.325 e. The summed E-state index contributed by atoms with van der Waals surface area (Å²) in [6.45, 7) is 1.93. The molecule has 1 aliphatic heterocycles. The first kappa shape index (κ1) is 14.3. The maximum Gasteiger partial charge on any atom is 0.228 e. The molecule has 5 heteroatoms. The molecule has 0 saturated heterocycles. The molecular formula is C16H11BrClNO2. The number of aryl methyl sites for hydroxylation is 1. The smallest absolute Gasteiger partial charge is 0.228 e. The summed E-state index contributed by atoms with van der Waals surface area (Å²) in [7, 11) is 0. The van der Waals surface area contributed by atoms with Gasteiger partial charge in [0.05, 0.1) is 11.4 Å². The monoisotopic (exact) mass is 363 g/mol. The van der Waals surface area contributed by atoms with Crippen LogP contribution in [-0.2, 0) is 11.2 Å². The van der Waals surface area contributed by atoms with E-state index in [1.807, 2.05) is 25.1 Å². The second-order valence-electron chi connectivity index (χ2n) is 5.03. The van der Waals surface area contributed by atoms with Gasteiger partial charge in [-0.2, -0.15) is 0 Å². The molecule has 21 heavy (non-hydrogen) atoms. The molecule has 1 heterocycles. The van der Waals surface area contributed by atoms with Gasteiger partial charge in [-0.3, -0.25) is 9.59 Å². The molecule has 0 spiro atoms. The van der Waals surface area contributed by atoms with Crippen molar-refractivity contribution in [2.24, 2.45) is 0 Å². The fourth-order valence-electron chi connectivity index (χ4n) is 2.38. The molecule has 0 unspecified atom stereocenters. The minimum atomic E-state index is -0.155. The summed E-state index contributed by atoms with van der Waals surface area (Å²) in [4.78, 5) is 24.1. The van der Waals surface area contributed by atoms with Gasteiger partial charge in [-0.1, -0.05) is 39.2 Å². The Morgan fingerprint density at radius 2 is 2.00 bits per heavy atom. The fraction of sp³-hybridized carbons (Fsp3) is 0.125. The van der Waals surface area contributed by atoms with E-state index in [1.165, 1.54) is 0 Å². The van der Waals surface area contributed by atoms with Crippen molar-refractivity contribution in [2.75, 3.05) is 5.32 Å². The Hall–Kier alpha value is -1.65. The Labute approximate surface area is 135 Å². The maximum absolute atomic E-state index is 12.7. The van der Waals surface area contributed by atoms with Gasteiger partial charge in [0.2, 0.25) is 5.91 Å². The van der Waals surface area contributed by atoms with E-state index in [-0.39, 0.29) is 18.1 Å². The van der Waals surface area contributed by atoms with Crippen LogP contribution in [0.5, 0.6) is 0 Å². The average molecular weight is 365 g/mol. The van der Waals surface area contributed by atoms with Crippen molar-refractivity contribution in [1.82, 2.24) is 0 Å². The Kier molecular flexibility index (Phi) is 3.59. The number of carbonyl (C=O) groups excluding carboxylic acids is 2.